The normalized spacial score (nSPS) is 25.4. The minimum absolute atomic E-state index is 0.606. The number of piperazine rings is 1. The highest BCUT2D eigenvalue weighted by molar-refractivity contribution is 4.88. The van der Waals surface area contributed by atoms with Gasteiger partial charge in [0.25, 0.3) is 0 Å². The Balaban J connectivity index is 2.38. The average Bonchev–Trinajstić information content (AvgIpc) is 2.38. The van der Waals surface area contributed by atoms with Crippen molar-refractivity contribution in [3.63, 3.8) is 0 Å². The Morgan fingerprint density at radius 2 is 1.84 bits per heavy atom. The van der Waals surface area contributed by atoms with Crippen LogP contribution in [0, 0.1) is 11.8 Å². The van der Waals surface area contributed by atoms with Crippen LogP contribution in [-0.4, -0.2) is 63.5 Å². The number of methoxy groups -OCH3 is 1. The number of hydrogen-bond acceptors (Lipinski definition) is 4. The van der Waals surface area contributed by atoms with Gasteiger partial charge in [-0.1, -0.05) is 27.7 Å². The van der Waals surface area contributed by atoms with Gasteiger partial charge in [-0.05, 0) is 11.8 Å². The fourth-order valence-corrected chi connectivity index (χ4v) is 2.64. The van der Waals surface area contributed by atoms with Gasteiger partial charge in [0.05, 0.1) is 19.8 Å². The van der Waals surface area contributed by atoms with Crippen molar-refractivity contribution in [1.29, 1.82) is 0 Å². The molecule has 1 heterocycles. The van der Waals surface area contributed by atoms with Gasteiger partial charge in [-0.2, -0.15) is 0 Å². The Bertz CT molecular complexity index is 234. The largest absolute Gasteiger partial charge is 0.382 e. The van der Waals surface area contributed by atoms with Crippen LogP contribution in [0.4, 0.5) is 0 Å². The third kappa shape index (κ3) is 5.78. The Hall–Kier alpha value is -0.160. The van der Waals surface area contributed by atoms with E-state index in [0.29, 0.717) is 37.1 Å². The molecule has 0 bridgehead atoms. The molecule has 1 N–H and O–H groups in total. The predicted molar refractivity (Wildman–Crippen MR) is 79.5 cm³/mol. The first-order valence-electron chi connectivity index (χ1n) is 7.60. The van der Waals surface area contributed by atoms with E-state index in [0.717, 1.165) is 26.2 Å². The van der Waals surface area contributed by atoms with Gasteiger partial charge < -0.3 is 14.8 Å². The van der Waals surface area contributed by atoms with E-state index < -0.39 is 0 Å². The number of nitrogens with zero attached hydrogens (tertiary/aromatic N) is 1. The Morgan fingerprint density at radius 1 is 1.11 bits per heavy atom. The van der Waals surface area contributed by atoms with E-state index in [2.05, 4.69) is 37.9 Å². The predicted octanol–water partition coefficient (Wildman–Crippen LogP) is 1.60. The van der Waals surface area contributed by atoms with E-state index in [-0.39, 0.29) is 0 Å². The third-order valence-corrected chi connectivity index (χ3v) is 4.02. The van der Waals surface area contributed by atoms with Crippen LogP contribution >= 0.6 is 0 Å². The topological polar surface area (TPSA) is 33.7 Å². The highest BCUT2D eigenvalue weighted by atomic mass is 16.5. The Labute approximate surface area is 118 Å². The van der Waals surface area contributed by atoms with Gasteiger partial charge in [0, 0.05) is 38.8 Å². The molecule has 0 aliphatic carbocycles. The van der Waals surface area contributed by atoms with E-state index >= 15 is 0 Å². The molecule has 114 valence electrons. The molecule has 0 saturated carbocycles. The van der Waals surface area contributed by atoms with Gasteiger partial charge in [0.2, 0.25) is 0 Å². The van der Waals surface area contributed by atoms with Gasteiger partial charge in [-0.15, -0.1) is 0 Å². The lowest BCUT2D eigenvalue weighted by Gasteiger charge is -2.43. The first-order chi connectivity index (χ1) is 9.06. The summed E-state index contributed by atoms with van der Waals surface area (Å²) in [6.45, 7) is 14.6. The molecular weight excluding hydrogens is 240 g/mol. The van der Waals surface area contributed by atoms with Crippen molar-refractivity contribution in [2.24, 2.45) is 11.8 Å². The minimum atomic E-state index is 0.606. The molecule has 1 rings (SSSR count). The lowest BCUT2D eigenvalue weighted by atomic mass is 9.94. The van der Waals surface area contributed by atoms with Crippen molar-refractivity contribution in [2.75, 3.05) is 46.6 Å². The second kappa shape index (κ2) is 8.90. The van der Waals surface area contributed by atoms with Gasteiger partial charge in [0.15, 0.2) is 0 Å². The van der Waals surface area contributed by atoms with Gasteiger partial charge in [-0.25, -0.2) is 0 Å². The lowest BCUT2D eigenvalue weighted by molar-refractivity contribution is 0.0267. The molecule has 19 heavy (non-hydrogen) atoms. The van der Waals surface area contributed by atoms with E-state index in [1.165, 1.54) is 0 Å². The molecule has 1 aliphatic rings. The molecule has 0 aromatic heterocycles. The quantitative estimate of drug-likeness (QED) is 0.681. The zero-order chi connectivity index (χ0) is 14.3. The van der Waals surface area contributed by atoms with E-state index in [9.17, 15) is 0 Å². The molecule has 2 unspecified atom stereocenters. The third-order valence-electron chi connectivity index (χ3n) is 4.02. The van der Waals surface area contributed by atoms with Gasteiger partial charge >= 0.3 is 0 Å². The molecular formula is C15H32N2O2. The summed E-state index contributed by atoms with van der Waals surface area (Å²) in [7, 11) is 1.71. The molecule has 1 aliphatic heterocycles. The molecule has 0 aromatic rings. The van der Waals surface area contributed by atoms with E-state index in [1.807, 2.05) is 0 Å². The fourth-order valence-electron chi connectivity index (χ4n) is 2.64. The first kappa shape index (κ1) is 16.9. The maximum Gasteiger partial charge on any atom is 0.0700 e. The molecule has 4 nitrogen and oxygen atoms in total. The second-order valence-corrected chi connectivity index (χ2v) is 6.17. The van der Waals surface area contributed by atoms with E-state index in [1.54, 1.807) is 7.11 Å². The van der Waals surface area contributed by atoms with Crippen molar-refractivity contribution in [2.45, 2.75) is 39.8 Å². The van der Waals surface area contributed by atoms with Crippen molar-refractivity contribution in [1.82, 2.24) is 10.2 Å². The highest BCUT2D eigenvalue weighted by Gasteiger charge is 2.30. The highest BCUT2D eigenvalue weighted by Crippen LogP contribution is 2.17. The zero-order valence-electron chi connectivity index (χ0n) is 13.3. The van der Waals surface area contributed by atoms with Crippen molar-refractivity contribution in [3.05, 3.63) is 0 Å². The number of ether oxygens (including phenoxy) is 2. The zero-order valence-corrected chi connectivity index (χ0v) is 13.3. The van der Waals surface area contributed by atoms with Crippen molar-refractivity contribution < 1.29 is 9.47 Å². The fraction of sp³-hybridized carbons (Fsp3) is 1.00. The van der Waals surface area contributed by atoms with Crippen LogP contribution < -0.4 is 5.32 Å². The van der Waals surface area contributed by atoms with Crippen LogP contribution in [0.5, 0.6) is 0 Å². The molecule has 2 atom stereocenters. The number of rotatable bonds is 8. The van der Waals surface area contributed by atoms with Crippen molar-refractivity contribution in [3.8, 4) is 0 Å². The summed E-state index contributed by atoms with van der Waals surface area (Å²) in [4.78, 5) is 2.60. The lowest BCUT2D eigenvalue weighted by Crippen LogP contribution is -2.60. The Morgan fingerprint density at radius 3 is 2.42 bits per heavy atom. The molecule has 0 spiro atoms. The van der Waals surface area contributed by atoms with Crippen LogP contribution in [0.3, 0.4) is 0 Å². The van der Waals surface area contributed by atoms with Crippen LogP contribution in [-0.2, 0) is 9.47 Å². The summed E-state index contributed by atoms with van der Waals surface area (Å²) in [6, 6.07) is 1.23. The monoisotopic (exact) mass is 272 g/mol. The van der Waals surface area contributed by atoms with Gasteiger partial charge in [0.1, 0.15) is 0 Å². The molecule has 1 fully saturated rings. The summed E-state index contributed by atoms with van der Waals surface area (Å²) in [6.07, 6.45) is 0. The summed E-state index contributed by atoms with van der Waals surface area (Å²) in [5.74, 6) is 1.37. The Kier molecular flexibility index (Phi) is 7.91. The summed E-state index contributed by atoms with van der Waals surface area (Å²) in [5.41, 5.74) is 0. The minimum Gasteiger partial charge on any atom is -0.382 e. The summed E-state index contributed by atoms with van der Waals surface area (Å²) in [5, 5.41) is 3.69. The number of hydrogen-bond donors (Lipinski definition) is 1. The molecule has 4 heteroatoms. The molecule has 0 aromatic carbocycles. The molecule has 0 amide bonds. The first-order valence-corrected chi connectivity index (χ1v) is 7.60. The van der Waals surface area contributed by atoms with Crippen LogP contribution in [0.15, 0.2) is 0 Å². The summed E-state index contributed by atoms with van der Waals surface area (Å²) < 4.78 is 10.6. The number of nitrogens with one attached hydrogen (secondary N) is 1. The van der Waals surface area contributed by atoms with Crippen LogP contribution in [0.2, 0.25) is 0 Å². The van der Waals surface area contributed by atoms with Gasteiger partial charge in [-0.3, -0.25) is 4.90 Å². The maximum absolute atomic E-state index is 5.61. The van der Waals surface area contributed by atoms with Crippen LogP contribution in [0.1, 0.15) is 27.7 Å². The maximum atomic E-state index is 5.61. The second-order valence-electron chi connectivity index (χ2n) is 6.17. The van der Waals surface area contributed by atoms with Crippen LogP contribution in [0.25, 0.3) is 0 Å². The van der Waals surface area contributed by atoms with E-state index in [4.69, 9.17) is 9.47 Å². The standard InChI is InChI=1S/C15H32N2O2/c1-12(2)14-11-17(6-7-19-9-8-18-5)15(10-16-14)13(3)4/h12-16H,6-11H2,1-5H3. The smallest absolute Gasteiger partial charge is 0.0700 e. The average molecular weight is 272 g/mol. The summed E-state index contributed by atoms with van der Waals surface area (Å²) >= 11 is 0. The molecule has 1 saturated heterocycles. The molecule has 0 radical (unpaired) electrons. The SMILES string of the molecule is COCCOCCN1CC(C(C)C)NCC1C(C)C. The van der Waals surface area contributed by atoms with Crippen molar-refractivity contribution >= 4 is 0 Å².